The lowest BCUT2D eigenvalue weighted by Gasteiger charge is -2.40. The minimum atomic E-state index is -7.89. The van der Waals surface area contributed by atoms with Crippen molar-refractivity contribution in [2.75, 3.05) is 6.61 Å². The van der Waals surface area contributed by atoms with E-state index < -0.39 is 136 Å². The molecule has 7 unspecified atom stereocenters. The summed E-state index contributed by atoms with van der Waals surface area (Å²) in [7, 11) is -6.46. The first kappa shape index (κ1) is 39.1. The predicted molar refractivity (Wildman–Crippen MR) is 121 cm³/mol. The number of carbonyl (C=O) groups excluding carboxylic acids is 4. The zero-order valence-electron chi connectivity index (χ0n) is 23.2. The largest absolute Gasteiger partial charge is 0.465 e. The molecule has 48 heavy (non-hydrogen) atoms. The number of alkyl halides is 13. The minimum absolute atomic E-state index is 0.485. The number of ether oxygens (including phenoxy) is 4. The van der Waals surface area contributed by atoms with Gasteiger partial charge in [-0.15, -0.1) is 0 Å². The number of rotatable bonds is 12. The quantitative estimate of drug-likeness (QED) is 0.102. The van der Waals surface area contributed by atoms with E-state index >= 15 is 0 Å². The highest BCUT2D eigenvalue weighted by Crippen LogP contribution is 2.61. The van der Waals surface area contributed by atoms with Crippen LogP contribution in [-0.2, 0) is 48.2 Å². The van der Waals surface area contributed by atoms with Crippen molar-refractivity contribution in [3.8, 4) is 0 Å². The Kier molecular flexibility index (Phi) is 9.68. The van der Waals surface area contributed by atoms with Gasteiger partial charge < -0.3 is 18.9 Å². The van der Waals surface area contributed by atoms with Crippen molar-refractivity contribution in [3.63, 3.8) is 0 Å². The first-order valence-corrected chi connectivity index (χ1v) is 14.2. The van der Waals surface area contributed by atoms with E-state index in [1.165, 1.54) is 0 Å². The molecule has 3 aliphatic rings. The molecule has 1 aliphatic heterocycles. The summed E-state index contributed by atoms with van der Waals surface area (Å²) < 4.78 is 226. The molecule has 3 fully saturated rings. The molecule has 7 atom stereocenters. The Balaban J connectivity index is 1.96. The lowest BCUT2D eigenvalue weighted by molar-refractivity contribution is -0.428. The molecule has 0 aromatic heterocycles. The lowest BCUT2D eigenvalue weighted by Crippen LogP contribution is -2.70. The molecule has 1 N–H and O–H groups in total. The molecule has 0 aromatic rings. The molecule has 1 heterocycles. The maximum absolute atomic E-state index is 14.7. The van der Waals surface area contributed by atoms with Crippen LogP contribution in [0.25, 0.3) is 0 Å². The topological polar surface area (TPSA) is 160 Å². The molecular formula is C23H19F13O11S. The van der Waals surface area contributed by atoms with E-state index in [1.54, 1.807) is 0 Å². The molecule has 2 saturated carbocycles. The lowest BCUT2D eigenvalue weighted by atomic mass is 9.78. The monoisotopic (exact) mass is 750 g/mol. The van der Waals surface area contributed by atoms with Crippen molar-refractivity contribution in [1.29, 1.82) is 0 Å². The maximum Gasteiger partial charge on any atom is 0.465 e. The third-order valence-electron chi connectivity index (χ3n) is 7.81. The fourth-order valence-electron chi connectivity index (χ4n) is 5.62. The van der Waals surface area contributed by atoms with Gasteiger partial charge in [0.05, 0.1) is 18.3 Å². The van der Waals surface area contributed by atoms with Gasteiger partial charge in [0.15, 0.2) is 0 Å². The van der Waals surface area contributed by atoms with Crippen LogP contribution in [0.3, 0.4) is 0 Å². The number of fused-ring (bicyclic) bond motifs is 1. The van der Waals surface area contributed by atoms with Crippen LogP contribution in [0.1, 0.15) is 19.8 Å². The van der Waals surface area contributed by atoms with Crippen LogP contribution in [0, 0.1) is 23.7 Å². The van der Waals surface area contributed by atoms with Crippen molar-refractivity contribution in [2.24, 2.45) is 23.7 Å². The molecule has 274 valence electrons. The Morgan fingerprint density at radius 1 is 0.958 bits per heavy atom. The number of hydrogen-bond donors (Lipinski definition) is 1. The van der Waals surface area contributed by atoms with Crippen molar-refractivity contribution < 1.29 is 108 Å². The van der Waals surface area contributed by atoms with Gasteiger partial charge in [-0.25, -0.2) is 14.0 Å². The summed E-state index contributed by atoms with van der Waals surface area (Å²) >= 11 is 0. The Morgan fingerprint density at radius 3 is 1.94 bits per heavy atom. The Bertz CT molecular complexity index is 1460. The highest BCUT2D eigenvalue weighted by atomic mass is 32.2. The van der Waals surface area contributed by atoms with Crippen LogP contribution < -0.4 is 0 Å². The van der Waals surface area contributed by atoms with E-state index in [0.29, 0.717) is 0 Å². The molecule has 0 amide bonds. The molecule has 3 rings (SSSR count). The summed E-state index contributed by atoms with van der Waals surface area (Å²) in [5, 5.41) is -5.62. The van der Waals surface area contributed by atoms with E-state index in [0.717, 1.165) is 6.92 Å². The third kappa shape index (κ3) is 6.14. The summed E-state index contributed by atoms with van der Waals surface area (Å²) in [5.41, 5.74) is -8.46. The zero-order chi connectivity index (χ0) is 37.4. The Hall–Kier alpha value is -3.38. The first-order chi connectivity index (χ1) is 21.3. The molecule has 1 saturated heterocycles. The standard InChI is InChI=1S/C23H19F13O11S/c1-6(2)14(37)44-5-7(4-18(24,25)21(29,30)20(28,22(31,32)33)23(34,35)36)45-15(38)10-9-3-8-11(10)16(39)46-12(8)13(9)47-17(40)19(26,27)48(41,42)43/h7-13H,1,3-5H2,2H3,(H,41,42,43). The fraction of sp³-hybridized carbons (Fsp3) is 0.739. The summed E-state index contributed by atoms with van der Waals surface area (Å²) in [6.45, 7) is 2.10. The van der Waals surface area contributed by atoms with Crippen LogP contribution in [0.15, 0.2) is 12.2 Å². The number of halogens is 13. The van der Waals surface area contributed by atoms with Gasteiger partial charge in [0.1, 0.15) is 24.9 Å². The molecule has 0 spiro atoms. The summed E-state index contributed by atoms with van der Waals surface area (Å²) in [6.07, 6.45) is -26.0. The van der Waals surface area contributed by atoms with Crippen LogP contribution in [0.5, 0.6) is 0 Å². The molecule has 0 aromatic carbocycles. The second-order valence-corrected chi connectivity index (χ2v) is 12.4. The average molecular weight is 750 g/mol. The molecule has 0 radical (unpaired) electrons. The van der Waals surface area contributed by atoms with Crippen molar-refractivity contribution in [1.82, 2.24) is 0 Å². The molecule has 25 heteroatoms. The molecule has 2 aliphatic carbocycles. The van der Waals surface area contributed by atoms with Gasteiger partial charge in [-0.05, 0) is 13.3 Å². The van der Waals surface area contributed by atoms with Gasteiger partial charge in [-0.3, -0.25) is 14.1 Å². The first-order valence-electron chi connectivity index (χ1n) is 12.7. The van der Waals surface area contributed by atoms with Gasteiger partial charge in [0.2, 0.25) is 0 Å². The number of esters is 4. The van der Waals surface area contributed by atoms with E-state index in [4.69, 9.17) is 9.29 Å². The summed E-state index contributed by atoms with van der Waals surface area (Å²) in [4.78, 5) is 49.1. The molecule has 2 bridgehead atoms. The van der Waals surface area contributed by atoms with E-state index in [1.807, 2.05) is 0 Å². The summed E-state index contributed by atoms with van der Waals surface area (Å²) in [6, 6.07) is 0. The van der Waals surface area contributed by atoms with Crippen LogP contribution >= 0.6 is 0 Å². The van der Waals surface area contributed by atoms with Gasteiger partial charge in [0.25, 0.3) is 0 Å². The van der Waals surface area contributed by atoms with Crippen molar-refractivity contribution >= 4 is 34.0 Å². The number of carbonyl (C=O) groups is 4. The third-order valence-corrected chi connectivity index (χ3v) is 8.63. The SMILES string of the molecule is C=C(C)C(=O)OCC(CC(F)(F)C(F)(F)C(F)(C(F)(F)F)C(F)(F)F)OC(=O)C1C2CC3C(OC(=O)C31)C2OC(=O)C(F)(F)S(=O)(=O)O. The molecular weight excluding hydrogens is 731 g/mol. The van der Waals surface area contributed by atoms with Gasteiger partial charge >= 0.3 is 69.1 Å². The predicted octanol–water partition coefficient (Wildman–Crippen LogP) is 3.71. The molecule has 11 nitrogen and oxygen atoms in total. The highest BCUT2D eigenvalue weighted by molar-refractivity contribution is 7.87. The maximum atomic E-state index is 14.7. The minimum Gasteiger partial charge on any atom is -0.458 e. The van der Waals surface area contributed by atoms with E-state index in [9.17, 15) is 84.7 Å². The Morgan fingerprint density at radius 2 is 1.48 bits per heavy atom. The van der Waals surface area contributed by atoms with Crippen LogP contribution in [0.2, 0.25) is 0 Å². The summed E-state index contributed by atoms with van der Waals surface area (Å²) in [5.74, 6) is -29.1. The van der Waals surface area contributed by atoms with Gasteiger partial charge in [0, 0.05) is 17.4 Å². The Labute approximate surface area is 258 Å². The normalized spacial score (nSPS) is 26.9. The van der Waals surface area contributed by atoms with E-state index in [-0.39, 0.29) is 0 Å². The van der Waals surface area contributed by atoms with Crippen LogP contribution in [0.4, 0.5) is 57.1 Å². The van der Waals surface area contributed by atoms with Crippen molar-refractivity contribution in [3.05, 3.63) is 12.2 Å². The number of hydrogen-bond acceptors (Lipinski definition) is 10. The highest BCUT2D eigenvalue weighted by Gasteiger charge is 2.90. The second kappa shape index (κ2) is 11.9. The van der Waals surface area contributed by atoms with E-state index in [2.05, 4.69) is 20.8 Å². The van der Waals surface area contributed by atoms with Crippen molar-refractivity contribution in [2.45, 2.75) is 73.2 Å². The smallest absolute Gasteiger partial charge is 0.458 e. The van der Waals surface area contributed by atoms with Gasteiger partial charge in [-0.2, -0.15) is 61.1 Å². The average Bonchev–Trinajstić information content (AvgIpc) is 3.52. The second-order valence-electron chi connectivity index (χ2n) is 11.0. The van der Waals surface area contributed by atoms with Gasteiger partial charge in [-0.1, -0.05) is 6.58 Å². The zero-order valence-corrected chi connectivity index (χ0v) is 24.0. The fourth-order valence-corrected chi connectivity index (χ4v) is 5.88. The van der Waals surface area contributed by atoms with Crippen LogP contribution in [-0.4, -0.2) is 96.9 Å².